The van der Waals surface area contributed by atoms with Crippen LogP contribution in [0.15, 0.2) is 24.3 Å². The molecule has 0 aliphatic carbocycles. The minimum Gasteiger partial charge on any atom is -0.493 e. The Hall–Kier alpha value is -2.54. The second kappa shape index (κ2) is 12.1. The molecule has 1 aromatic carbocycles. The van der Waals surface area contributed by atoms with Gasteiger partial charge in [0.1, 0.15) is 5.82 Å². The molecule has 2 aromatic rings. The minimum absolute atomic E-state index is 0.558. The molecule has 0 unspecified atom stereocenters. The number of nitrogens with one attached hydrogen (secondary N) is 2. The molecule has 0 fully saturated rings. The van der Waals surface area contributed by atoms with E-state index < -0.39 is 0 Å². The number of benzene rings is 1. The molecule has 0 spiro atoms. The number of rotatable bonds is 13. The molecule has 0 aliphatic rings. The van der Waals surface area contributed by atoms with Gasteiger partial charge in [-0.05, 0) is 45.0 Å². The van der Waals surface area contributed by atoms with Gasteiger partial charge in [0.25, 0.3) is 0 Å². The molecule has 7 heteroatoms. The van der Waals surface area contributed by atoms with E-state index in [-0.39, 0.29) is 0 Å². The predicted octanol–water partition coefficient (Wildman–Crippen LogP) is 4.33. The molecule has 0 saturated heterocycles. The topological polar surface area (TPSA) is 71.5 Å². The first kappa shape index (κ1) is 22.7. The van der Waals surface area contributed by atoms with E-state index in [1.165, 1.54) is 12.8 Å². The lowest BCUT2D eigenvalue weighted by Crippen LogP contribution is -2.22. The summed E-state index contributed by atoms with van der Waals surface area (Å²) in [5.74, 6) is 2.78. The van der Waals surface area contributed by atoms with E-state index in [0.717, 1.165) is 43.1 Å². The number of methoxy groups -OCH3 is 1. The summed E-state index contributed by atoms with van der Waals surface area (Å²) in [6.45, 7) is 7.08. The fourth-order valence-corrected chi connectivity index (χ4v) is 2.92. The predicted molar refractivity (Wildman–Crippen MR) is 120 cm³/mol. The molecule has 0 aliphatic heterocycles. The van der Waals surface area contributed by atoms with E-state index in [1.807, 2.05) is 31.3 Å². The Bertz CT molecular complexity index is 732. The lowest BCUT2D eigenvalue weighted by Gasteiger charge is -2.17. The van der Waals surface area contributed by atoms with Crippen molar-refractivity contribution in [2.24, 2.45) is 0 Å². The molecule has 0 amide bonds. The first-order valence-corrected chi connectivity index (χ1v) is 10.4. The van der Waals surface area contributed by atoms with E-state index in [4.69, 9.17) is 9.47 Å². The standard InChI is InChI=1S/C22H35N5O2/c1-6-8-12-27(4)13-9-14-29-20-15-18(10-11-19(20)28-5)25-22-24-17(7-2)16-21(23-3)26-22/h10-11,15-16H,6-9,12-14H2,1-5H3,(H2,23,24,25,26). The largest absolute Gasteiger partial charge is 0.493 e. The summed E-state index contributed by atoms with van der Waals surface area (Å²) >= 11 is 0. The first-order chi connectivity index (χ1) is 14.1. The number of ether oxygens (including phenoxy) is 2. The van der Waals surface area contributed by atoms with Gasteiger partial charge in [-0.2, -0.15) is 4.98 Å². The van der Waals surface area contributed by atoms with Crippen LogP contribution in [0.5, 0.6) is 11.5 Å². The summed E-state index contributed by atoms with van der Waals surface area (Å²) in [6.07, 6.45) is 4.26. The molecule has 0 radical (unpaired) electrons. The monoisotopic (exact) mass is 401 g/mol. The Morgan fingerprint density at radius 2 is 1.83 bits per heavy atom. The Morgan fingerprint density at radius 3 is 2.52 bits per heavy atom. The summed E-state index contributed by atoms with van der Waals surface area (Å²) in [5, 5.41) is 6.34. The fraction of sp³-hybridized carbons (Fsp3) is 0.545. The number of anilines is 3. The smallest absolute Gasteiger partial charge is 0.229 e. The van der Waals surface area contributed by atoms with Crippen LogP contribution >= 0.6 is 0 Å². The normalized spacial score (nSPS) is 10.8. The van der Waals surface area contributed by atoms with E-state index in [9.17, 15) is 0 Å². The van der Waals surface area contributed by atoms with Crippen LogP contribution in [0, 0.1) is 0 Å². The van der Waals surface area contributed by atoms with Gasteiger partial charge in [-0.1, -0.05) is 20.3 Å². The Kier molecular flexibility index (Phi) is 9.50. The van der Waals surface area contributed by atoms with Crippen molar-refractivity contribution in [3.63, 3.8) is 0 Å². The summed E-state index contributed by atoms with van der Waals surface area (Å²) in [5.41, 5.74) is 1.83. The highest BCUT2D eigenvalue weighted by molar-refractivity contribution is 5.60. The summed E-state index contributed by atoms with van der Waals surface area (Å²) in [6, 6.07) is 7.71. The van der Waals surface area contributed by atoms with Crippen LogP contribution in [-0.4, -0.2) is 55.8 Å². The molecule has 7 nitrogen and oxygen atoms in total. The van der Waals surface area contributed by atoms with Gasteiger partial charge in [-0.3, -0.25) is 0 Å². The van der Waals surface area contributed by atoms with Crippen molar-refractivity contribution >= 4 is 17.5 Å². The van der Waals surface area contributed by atoms with Crippen LogP contribution in [-0.2, 0) is 6.42 Å². The van der Waals surface area contributed by atoms with Gasteiger partial charge in [0.2, 0.25) is 5.95 Å². The van der Waals surface area contributed by atoms with Crippen LogP contribution in [0.4, 0.5) is 17.5 Å². The SMILES string of the molecule is CCCCN(C)CCCOc1cc(Nc2nc(CC)cc(NC)n2)ccc1OC. The molecule has 2 rings (SSSR count). The number of unbranched alkanes of at least 4 members (excludes halogenated alkanes) is 1. The molecule has 0 bridgehead atoms. The van der Waals surface area contributed by atoms with Crippen molar-refractivity contribution in [3.8, 4) is 11.5 Å². The molecule has 0 atom stereocenters. The Labute approximate surface area is 174 Å². The average molecular weight is 402 g/mol. The van der Waals surface area contributed by atoms with Crippen molar-refractivity contribution in [1.29, 1.82) is 0 Å². The second-order valence-electron chi connectivity index (χ2n) is 7.02. The number of nitrogens with zero attached hydrogens (tertiary/aromatic N) is 3. The van der Waals surface area contributed by atoms with E-state index in [0.29, 0.717) is 24.1 Å². The van der Waals surface area contributed by atoms with Crippen LogP contribution in [0.25, 0.3) is 0 Å². The Morgan fingerprint density at radius 1 is 1.03 bits per heavy atom. The summed E-state index contributed by atoms with van der Waals surface area (Å²) in [4.78, 5) is 11.4. The number of hydrogen-bond acceptors (Lipinski definition) is 7. The molecule has 160 valence electrons. The van der Waals surface area contributed by atoms with E-state index >= 15 is 0 Å². The fourth-order valence-electron chi connectivity index (χ4n) is 2.92. The van der Waals surface area contributed by atoms with Crippen LogP contribution in [0.3, 0.4) is 0 Å². The molecule has 29 heavy (non-hydrogen) atoms. The van der Waals surface area contributed by atoms with E-state index in [2.05, 4.69) is 46.4 Å². The zero-order valence-electron chi connectivity index (χ0n) is 18.4. The number of aryl methyl sites for hydroxylation is 1. The van der Waals surface area contributed by atoms with Gasteiger partial charge < -0.3 is 25.0 Å². The molecular weight excluding hydrogens is 366 g/mol. The zero-order valence-corrected chi connectivity index (χ0v) is 18.4. The number of hydrogen-bond donors (Lipinski definition) is 2. The summed E-state index contributed by atoms with van der Waals surface area (Å²) in [7, 11) is 5.66. The van der Waals surface area contributed by atoms with Gasteiger partial charge in [-0.15, -0.1) is 0 Å². The first-order valence-electron chi connectivity index (χ1n) is 10.4. The molecular formula is C22H35N5O2. The highest BCUT2D eigenvalue weighted by atomic mass is 16.5. The maximum atomic E-state index is 6.01. The van der Waals surface area contributed by atoms with Crippen molar-refractivity contribution in [2.75, 3.05) is 51.5 Å². The molecule has 1 aromatic heterocycles. The Balaban J connectivity index is 2.01. The highest BCUT2D eigenvalue weighted by Crippen LogP contribution is 2.31. The lowest BCUT2D eigenvalue weighted by molar-refractivity contribution is 0.252. The van der Waals surface area contributed by atoms with Crippen LogP contribution < -0.4 is 20.1 Å². The van der Waals surface area contributed by atoms with Gasteiger partial charge in [0.15, 0.2) is 11.5 Å². The number of aromatic nitrogens is 2. The van der Waals surface area contributed by atoms with Gasteiger partial charge >= 0.3 is 0 Å². The van der Waals surface area contributed by atoms with Crippen molar-refractivity contribution in [1.82, 2.24) is 14.9 Å². The third-order valence-electron chi connectivity index (χ3n) is 4.65. The third kappa shape index (κ3) is 7.42. The van der Waals surface area contributed by atoms with Crippen LogP contribution in [0.1, 0.15) is 38.8 Å². The second-order valence-corrected chi connectivity index (χ2v) is 7.02. The minimum atomic E-state index is 0.558. The van der Waals surface area contributed by atoms with Crippen molar-refractivity contribution < 1.29 is 9.47 Å². The van der Waals surface area contributed by atoms with E-state index in [1.54, 1.807) is 7.11 Å². The lowest BCUT2D eigenvalue weighted by atomic mass is 10.2. The van der Waals surface area contributed by atoms with Gasteiger partial charge in [0, 0.05) is 37.1 Å². The highest BCUT2D eigenvalue weighted by Gasteiger charge is 2.09. The average Bonchev–Trinajstić information content (AvgIpc) is 2.75. The zero-order chi connectivity index (χ0) is 21.1. The maximum Gasteiger partial charge on any atom is 0.229 e. The molecule has 0 saturated carbocycles. The van der Waals surface area contributed by atoms with Crippen molar-refractivity contribution in [2.45, 2.75) is 39.5 Å². The van der Waals surface area contributed by atoms with Gasteiger partial charge in [-0.25, -0.2) is 4.98 Å². The molecule has 1 heterocycles. The molecule has 2 N–H and O–H groups in total. The van der Waals surface area contributed by atoms with Gasteiger partial charge in [0.05, 0.1) is 13.7 Å². The maximum absolute atomic E-state index is 6.01. The third-order valence-corrected chi connectivity index (χ3v) is 4.65. The summed E-state index contributed by atoms with van der Waals surface area (Å²) < 4.78 is 11.5. The van der Waals surface area contributed by atoms with Crippen molar-refractivity contribution in [3.05, 3.63) is 30.0 Å². The van der Waals surface area contributed by atoms with Crippen LogP contribution in [0.2, 0.25) is 0 Å². The quantitative estimate of drug-likeness (QED) is 0.484.